The van der Waals surface area contributed by atoms with E-state index < -0.39 is 10.0 Å². The number of sulfonamides is 1. The summed E-state index contributed by atoms with van der Waals surface area (Å²) in [6.07, 6.45) is 2.53. The summed E-state index contributed by atoms with van der Waals surface area (Å²) in [5, 5.41) is 3.41. The summed E-state index contributed by atoms with van der Waals surface area (Å²) in [4.78, 5) is 4.83. The zero-order chi connectivity index (χ0) is 21.1. The molecule has 0 bridgehead atoms. The molecule has 0 saturated heterocycles. The lowest BCUT2D eigenvalue weighted by molar-refractivity contribution is 0.554. The van der Waals surface area contributed by atoms with Gasteiger partial charge in [0, 0.05) is 17.4 Å². The zero-order valence-electron chi connectivity index (χ0n) is 17.4. The molecule has 1 unspecified atom stereocenters. The SMILES string of the molecule is CCc1ccc(S(=O)(=O)NC2CCc3ccc(NCc4cccc(C)n4)cc32)cc1. The molecular weight excluding hydrogens is 394 g/mol. The molecule has 156 valence electrons. The maximum atomic E-state index is 12.9. The third-order valence-corrected chi connectivity index (χ3v) is 7.07. The number of rotatable bonds is 7. The summed E-state index contributed by atoms with van der Waals surface area (Å²) >= 11 is 0. The first-order chi connectivity index (χ1) is 14.4. The molecule has 1 aliphatic rings. The van der Waals surface area contributed by atoms with E-state index in [9.17, 15) is 8.42 Å². The topological polar surface area (TPSA) is 71.1 Å². The molecule has 0 radical (unpaired) electrons. The molecule has 5 nitrogen and oxygen atoms in total. The average Bonchev–Trinajstić information content (AvgIpc) is 3.14. The van der Waals surface area contributed by atoms with Gasteiger partial charge >= 0.3 is 0 Å². The van der Waals surface area contributed by atoms with E-state index in [1.54, 1.807) is 12.1 Å². The number of anilines is 1. The van der Waals surface area contributed by atoms with E-state index in [1.807, 2.05) is 37.3 Å². The third-order valence-electron chi connectivity index (χ3n) is 5.58. The van der Waals surface area contributed by atoms with E-state index in [0.29, 0.717) is 11.4 Å². The highest BCUT2D eigenvalue weighted by molar-refractivity contribution is 7.89. The van der Waals surface area contributed by atoms with Gasteiger partial charge in [0.2, 0.25) is 10.0 Å². The van der Waals surface area contributed by atoms with Gasteiger partial charge in [-0.2, -0.15) is 0 Å². The van der Waals surface area contributed by atoms with E-state index in [2.05, 4.69) is 40.1 Å². The fourth-order valence-corrected chi connectivity index (χ4v) is 5.13. The number of aryl methyl sites for hydroxylation is 3. The van der Waals surface area contributed by atoms with Gasteiger partial charge in [0.05, 0.1) is 17.1 Å². The Kier molecular flexibility index (Phi) is 5.88. The lowest BCUT2D eigenvalue weighted by atomic mass is 10.1. The van der Waals surface area contributed by atoms with Crippen LogP contribution in [0.25, 0.3) is 0 Å². The monoisotopic (exact) mass is 421 g/mol. The molecule has 1 atom stereocenters. The quantitative estimate of drug-likeness (QED) is 0.588. The Labute approximate surface area is 178 Å². The smallest absolute Gasteiger partial charge is 0.241 e. The van der Waals surface area contributed by atoms with Crippen molar-refractivity contribution < 1.29 is 8.42 Å². The zero-order valence-corrected chi connectivity index (χ0v) is 18.2. The molecule has 30 heavy (non-hydrogen) atoms. The Morgan fingerprint density at radius 1 is 1.07 bits per heavy atom. The number of benzene rings is 2. The van der Waals surface area contributed by atoms with Crippen LogP contribution in [0.2, 0.25) is 0 Å². The maximum Gasteiger partial charge on any atom is 0.241 e. The van der Waals surface area contributed by atoms with Crippen LogP contribution in [-0.4, -0.2) is 13.4 Å². The molecule has 0 aliphatic heterocycles. The van der Waals surface area contributed by atoms with Crippen molar-refractivity contribution >= 4 is 15.7 Å². The molecule has 0 spiro atoms. The second-order valence-electron chi connectivity index (χ2n) is 7.75. The van der Waals surface area contributed by atoms with Gasteiger partial charge in [-0.05, 0) is 79.3 Å². The Hall–Kier alpha value is -2.70. The summed E-state index contributed by atoms with van der Waals surface area (Å²) in [7, 11) is -3.56. The molecule has 4 rings (SSSR count). The van der Waals surface area contributed by atoms with Crippen LogP contribution in [0.15, 0.2) is 65.6 Å². The Morgan fingerprint density at radius 3 is 2.60 bits per heavy atom. The average molecular weight is 422 g/mol. The molecule has 1 aliphatic carbocycles. The van der Waals surface area contributed by atoms with Gasteiger partial charge < -0.3 is 5.32 Å². The normalized spacial score (nSPS) is 15.7. The molecule has 2 N–H and O–H groups in total. The Bertz CT molecular complexity index is 1140. The van der Waals surface area contributed by atoms with Crippen LogP contribution in [0.5, 0.6) is 0 Å². The number of nitrogens with one attached hydrogen (secondary N) is 2. The van der Waals surface area contributed by atoms with Gasteiger partial charge in [-0.1, -0.05) is 31.2 Å². The minimum atomic E-state index is -3.56. The van der Waals surface area contributed by atoms with Crippen LogP contribution in [-0.2, 0) is 29.4 Å². The first-order valence-corrected chi connectivity index (χ1v) is 11.8. The van der Waals surface area contributed by atoms with E-state index in [-0.39, 0.29) is 6.04 Å². The van der Waals surface area contributed by atoms with E-state index >= 15 is 0 Å². The second kappa shape index (κ2) is 8.58. The number of hydrogen-bond acceptors (Lipinski definition) is 4. The van der Waals surface area contributed by atoms with Gasteiger partial charge in [0.25, 0.3) is 0 Å². The summed E-state index contributed by atoms with van der Waals surface area (Å²) in [6, 6.07) is 19.1. The molecule has 1 heterocycles. The van der Waals surface area contributed by atoms with E-state index in [1.165, 1.54) is 5.56 Å². The lowest BCUT2D eigenvalue weighted by Gasteiger charge is -2.16. The van der Waals surface area contributed by atoms with Crippen molar-refractivity contribution in [3.05, 3.63) is 88.7 Å². The van der Waals surface area contributed by atoms with Crippen LogP contribution in [0, 0.1) is 6.92 Å². The number of hydrogen-bond donors (Lipinski definition) is 2. The van der Waals surface area contributed by atoms with Crippen LogP contribution in [0.3, 0.4) is 0 Å². The predicted octanol–water partition coefficient (Wildman–Crippen LogP) is 4.53. The van der Waals surface area contributed by atoms with Crippen molar-refractivity contribution in [2.45, 2.75) is 50.6 Å². The van der Waals surface area contributed by atoms with Crippen LogP contribution in [0.4, 0.5) is 5.69 Å². The maximum absolute atomic E-state index is 12.9. The molecule has 2 aromatic carbocycles. The summed E-state index contributed by atoms with van der Waals surface area (Å²) in [5.74, 6) is 0. The molecule has 1 aromatic heterocycles. The molecule has 6 heteroatoms. The number of fused-ring (bicyclic) bond motifs is 1. The van der Waals surface area contributed by atoms with E-state index in [0.717, 1.165) is 47.5 Å². The minimum Gasteiger partial charge on any atom is -0.379 e. The predicted molar refractivity (Wildman–Crippen MR) is 120 cm³/mol. The van der Waals surface area contributed by atoms with Crippen molar-refractivity contribution in [1.29, 1.82) is 0 Å². The molecule has 3 aromatic rings. The van der Waals surface area contributed by atoms with Crippen molar-refractivity contribution in [2.24, 2.45) is 0 Å². The Balaban J connectivity index is 1.49. The lowest BCUT2D eigenvalue weighted by Crippen LogP contribution is -2.27. The first kappa shape index (κ1) is 20.6. The highest BCUT2D eigenvalue weighted by Crippen LogP contribution is 2.34. The first-order valence-electron chi connectivity index (χ1n) is 10.3. The van der Waals surface area contributed by atoms with Crippen molar-refractivity contribution in [3.63, 3.8) is 0 Å². The van der Waals surface area contributed by atoms with Gasteiger partial charge in [-0.3, -0.25) is 4.98 Å². The fraction of sp³-hybridized carbons (Fsp3) is 0.292. The Morgan fingerprint density at radius 2 is 1.87 bits per heavy atom. The molecule has 0 amide bonds. The number of aromatic nitrogens is 1. The summed E-state index contributed by atoms with van der Waals surface area (Å²) < 4.78 is 28.7. The van der Waals surface area contributed by atoms with Gasteiger partial charge in [0.1, 0.15) is 0 Å². The van der Waals surface area contributed by atoms with E-state index in [4.69, 9.17) is 0 Å². The number of pyridine rings is 1. The van der Waals surface area contributed by atoms with Crippen molar-refractivity contribution in [3.8, 4) is 0 Å². The standard InChI is InChI=1S/C24H27N3O2S/c1-3-18-7-12-22(13-8-18)30(28,29)27-24-14-10-19-9-11-20(15-23(19)24)25-16-21-6-4-5-17(2)26-21/h4-9,11-13,15,24-25,27H,3,10,14,16H2,1-2H3. The molecule has 0 saturated carbocycles. The minimum absolute atomic E-state index is 0.213. The van der Waals surface area contributed by atoms with Gasteiger partial charge in [-0.25, -0.2) is 13.1 Å². The molecule has 0 fully saturated rings. The van der Waals surface area contributed by atoms with Gasteiger partial charge in [-0.15, -0.1) is 0 Å². The number of nitrogens with zero attached hydrogens (tertiary/aromatic N) is 1. The summed E-state index contributed by atoms with van der Waals surface area (Å²) in [6.45, 7) is 4.66. The van der Waals surface area contributed by atoms with Crippen molar-refractivity contribution in [2.75, 3.05) is 5.32 Å². The van der Waals surface area contributed by atoms with Crippen molar-refractivity contribution in [1.82, 2.24) is 9.71 Å². The van der Waals surface area contributed by atoms with Crippen LogP contribution in [0.1, 0.15) is 47.5 Å². The highest BCUT2D eigenvalue weighted by Gasteiger charge is 2.27. The second-order valence-corrected chi connectivity index (χ2v) is 9.46. The fourth-order valence-electron chi connectivity index (χ4n) is 3.88. The highest BCUT2D eigenvalue weighted by atomic mass is 32.2. The summed E-state index contributed by atoms with van der Waals surface area (Å²) in [5.41, 5.74) is 6.30. The van der Waals surface area contributed by atoms with Crippen LogP contribution < -0.4 is 10.0 Å². The van der Waals surface area contributed by atoms with Gasteiger partial charge in [0.15, 0.2) is 0 Å². The largest absolute Gasteiger partial charge is 0.379 e. The third kappa shape index (κ3) is 4.55. The van der Waals surface area contributed by atoms with Crippen LogP contribution >= 0.6 is 0 Å². The molecular formula is C24H27N3O2S.